The summed E-state index contributed by atoms with van der Waals surface area (Å²) >= 11 is 2.00. The summed E-state index contributed by atoms with van der Waals surface area (Å²) in [7, 11) is 0. The predicted octanol–water partition coefficient (Wildman–Crippen LogP) is 4.00. The average molecular weight is 247 g/mol. The molecule has 2 heteroatoms. The van der Waals surface area contributed by atoms with E-state index in [0.717, 1.165) is 0 Å². The van der Waals surface area contributed by atoms with Crippen LogP contribution in [0.25, 0.3) is 0 Å². The molecule has 0 saturated heterocycles. The standard InChI is InChI=1S/C15H21NS/c1-11(15(2)8-9-15)16-13-7-10-17-14-6-4-3-5-12(13)14/h3-6,11,13,16H,7-10H2,1-2H3. The summed E-state index contributed by atoms with van der Waals surface area (Å²) in [4.78, 5) is 1.48. The van der Waals surface area contributed by atoms with Crippen LogP contribution in [0.4, 0.5) is 0 Å². The number of nitrogens with one attached hydrogen (secondary N) is 1. The molecule has 1 saturated carbocycles. The Balaban J connectivity index is 1.76. The third-order valence-corrected chi connectivity index (χ3v) is 5.62. The number of benzene rings is 1. The fraction of sp³-hybridized carbons (Fsp3) is 0.600. The molecule has 0 bridgehead atoms. The summed E-state index contributed by atoms with van der Waals surface area (Å²) in [6, 6.07) is 10.1. The molecule has 1 heterocycles. The van der Waals surface area contributed by atoms with Crippen molar-refractivity contribution in [2.45, 2.75) is 50.1 Å². The lowest BCUT2D eigenvalue weighted by molar-refractivity contribution is 0.334. The molecule has 1 aromatic rings. The quantitative estimate of drug-likeness (QED) is 0.866. The number of hydrogen-bond acceptors (Lipinski definition) is 2. The number of thioether (sulfide) groups is 1. The van der Waals surface area contributed by atoms with Crippen LogP contribution in [0.15, 0.2) is 29.2 Å². The SMILES string of the molecule is CC(NC1CCSc2ccccc21)C1(C)CC1. The molecule has 1 aromatic carbocycles. The average Bonchev–Trinajstić information content (AvgIpc) is 3.09. The molecule has 0 aromatic heterocycles. The minimum Gasteiger partial charge on any atom is -0.307 e. The Morgan fingerprint density at radius 1 is 1.35 bits per heavy atom. The van der Waals surface area contributed by atoms with E-state index in [-0.39, 0.29) is 0 Å². The largest absolute Gasteiger partial charge is 0.307 e. The van der Waals surface area contributed by atoms with Crippen molar-refractivity contribution in [2.24, 2.45) is 5.41 Å². The van der Waals surface area contributed by atoms with Gasteiger partial charge in [0, 0.05) is 17.0 Å². The van der Waals surface area contributed by atoms with Crippen molar-refractivity contribution < 1.29 is 0 Å². The summed E-state index contributed by atoms with van der Waals surface area (Å²) in [5, 5.41) is 3.86. The lowest BCUT2D eigenvalue weighted by atomic mass is 9.96. The topological polar surface area (TPSA) is 12.0 Å². The molecule has 1 aliphatic heterocycles. The molecule has 0 amide bonds. The molecular formula is C15H21NS. The Kier molecular flexibility index (Phi) is 2.95. The van der Waals surface area contributed by atoms with E-state index < -0.39 is 0 Å². The van der Waals surface area contributed by atoms with E-state index in [2.05, 4.69) is 43.4 Å². The second-order valence-corrected chi connectivity index (χ2v) is 6.91. The van der Waals surface area contributed by atoms with Crippen molar-refractivity contribution in [2.75, 3.05) is 5.75 Å². The first-order valence-corrected chi connectivity index (χ1v) is 7.65. The summed E-state index contributed by atoms with van der Waals surface area (Å²) < 4.78 is 0. The summed E-state index contributed by atoms with van der Waals surface area (Å²) in [5.41, 5.74) is 2.08. The van der Waals surface area contributed by atoms with Crippen LogP contribution in [-0.2, 0) is 0 Å². The normalized spacial score (nSPS) is 27.3. The Morgan fingerprint density at radius 2 is 2.12 bits per heavy atom. The summed E-state index contributed by atoms with van der Waals surface area (Å²) in [6.45, 7) is 4.77. The fourth-order valence-electron chi connectivity index (χ4n) is 2.65. The van der Waals surface area contributed by atoms with Gasteiger partial charge in [-0.05, 0) is 49.0 Å². The van der Waals surface area contributed by atoms with Crippen LogP contribution in [0.2, 0.25) is 0 Å². The maximum Gasteiger partial charge on any atom is 0.0341 e. The summed E-state index contributed by atoms with van der Waals surface area (Å²) in [6.07, 6.45) is 4.05. The molecule has 17 heavy (non-hydrogen) atoms. The molecule has 3 rings (SSSR count). The molecule has 1 fully saturated rings. The van der Waals surface area contributed by atoms with Gasteiger partial charge in [0.2, 0.25) is 0 Å². The van der Waals surface area contributed by atoms with Gasteiger partial charge >= 0.3 is 0 Å². The van der Waals surface area contributed by atoms with Crippen LogP contribution in [0.1, 0.15) is 44.7 Å². The predicted molar refractivity (Wildman–Crippen MR) is 74.5 cm³/mol. The van der Waals surface area contributed by atoms with E-state index in [9.17, 15) is 0 Å². The molecule has 1 aliphatic carbocycles. The van der Waals surface area contributed by atoms with Gasteiger partial charge in [-0.15, -0.1) is 11.8 Å². The molecule has 0 spiro atoms. The van der Waals surface area contributed by atoms with Gasteiger partial charge in [0.1, 0.15) is 0 Å². The van der Waals surface area contributed by atoms with E-state index in [4.69, 9.17) is 0 Å². The minimum absolute atomic E-state index is 0.569. The van der Waals surface area contributed by atoms with Crippen LogP contribution in [0.5, 0.6) is 0 Å². The molecule has 0 radical (unpaired) electrons. The lowest BCUT2D eigenvalue weighted by Gasteiger charge is -2.31. The van der Waals surface area contributed by atoms with Gasteiger partial charge in [0.15, 0.2) is 0 Å². The number of rotatable bonds is 3. The van der Waals surface area contributed by atoms with Crippen molar-refractivity contribution in [3.05, 3.63) is 29.8 Å². The van der Waals surface area contributed by atoms with Crippen LogP contribution in [-0.4, -0.2) is 11.8 Å². The first-order valence-electron chi connectivity index (χ1n) is 6.67. The lowest BCUT2D eigenvalue weighted by Crippen LogP contribution is -2.37. The van der Waals surface area contributed by atoms with Gasteiger partial charge in [-0.2, -0.15) is 0 Å². The highest BCUT2D eigenvalue weighted by Gasteiger charge is 2.43. The van der Waals surface area contributed by atoms with Gasteiger partial charge < -0.3 is 5.32 Å². The first-order chi connectivity index (χ1) is 8.19. The Labute approximate surface area is 108 Å². The zero-order chi connectivity index (χ0) is 11.9. The van der Waals surface area contributed by atoms with Crippen molar-refractivity contribution in [1.82, 2.24) is 5.32 Å². The highest BCUT2D eigenvalue weighted by Crippen LogP contribution is 2.49. The van der Waals surface area contributed by atoms with Crippen LogP contribution < -0.4 is 5.32 Å². The van der Waals surface area contributed by atoms with Gasteiger partial charge in [-0.3, -0.25) is 0 Å². The highest BCUT2D eigenvalue weighted by atomic mass is 32.2. The smallest absolute Gasteiger partial charge is 0.0341 e. The summed E-state index contributed by atoms with van der Waals surface area (Å²) in [5.74, 6) is 1.25. The maximum atomic E-state index is 3.86. The fourth-order valence-corrected chi connectivity index (χ4v) is 3.77. The van der Waals surface area contributed by atoms with Gasteiger partial charge in [0.05, 0.1) is 0 Å². The van der Waals surface area contributed by atoms with E-state index in [0.29, 0.717) is 17.5 Å². The Bertz CT molecular complexity index is 411. The number of hydrogen-bond donors (Lipinski definition) is 1. The van der Waals surface area contributed by atoms with E-state index >= 15 is 0 Å². The maximum absolute atomic E-state index is 3.86. The van der Waals surface area contributed by atoms with Gasteiger partial charge in [-0.25, -0.2) is 0 Å². The molecule has 2 unspecified atom stereocenters. The van der Waals surface area contributed by atoms with Crippen LogP contribution in [0.3, 0.4) is 0 Å². The van der Waals surface area contributed by atoms with Crippen molar-refractivity contribution in [3.63, 3.8) is 0 Å². The van der Waals surface area contributed by atoms with Crippen molar-refractivity contribution in [3.8, 4) is 0 Å². The zero-order valence-electron chi connectivity index (χ0n) is 10.7. The molecule has 2 aliphatic rings. The zero-order valence-corrected chi connectivity index (χ0v) is 11.5. The van der Waals surface area contributed by atoms with E-state index in [1.807, 2.05) is 11.8 Å². The highest BCUT2D eigenvalue weighted by molar-refractivity contribution is 7.99. The van der Waals surface area contributed by atoms with Crippen molar-refractivity contribution >= 4 is 11.8 Å². The monoisotopic (exact) mass is 247 g/mol. The third kappa shape index (κ3) is 2.25. The molecule has 1 nitrogen and oxygen atoms in total. The Hall–Kier alpha value is -0.470. The van der Waals surface area contributed by atoms with Crippen molar-refractivity contribution in [1.29, 1.82) is 0 Å². The van der Waals surface area contributed by atoms with Gasteiger partial charge in [-0.1, -0.05) is 25.1 Å². The minimum atomic E-state index is 0.569. The molecule has 1 N–H and O–H groups in total. The van der Waals surface area contributed by atoms with E-state index in [1.54, 1.807) is 0 Å². The third-order valence-electron chi connectivity index (χ3n) is 4.49. The first kappa shape index (κ1) is 11.6. The second-order valence-electron chi connectivity index (χ2n) is 5.77. The second kappa shape index (κ2) is 4.33. The van der Waals surface area contributed by atoms with Gasteiger partial charge in [0.25, 0.3) is 0 Å². The van der Waals surface area contributed by atoms with Crippen LogP contribution >= 0.6 is 11.8 Å². The molecule has 92 valence electrons. The molecule has 2 atom stereocenters. The Morgan fingerprint density at radius 3 is 2.88 bits per heavy atom. The van der Waals surface area contributed by atoms with Crippen LogP contribution in [0, 0.1) is 5.41 Å². The van der Waals surface area contributed by atoms with E-state index in [1.165, 1.54) is 35.5 Å². The molecular weight excluding hydrogens is 226 g/mol. The number of fused-ring (bicyclic) bond motifs is 1.